The zero-order chi connectivity index (χ0) is 20.9. The van der Waals surface area contributed by atoms with Crippen LogP contribution in [-0.4, -0.2) is 36.6 Å². The number of benzene rings is 2. The molecule has 2 aromatic carbocycles. The Balaban J connectivity index is 1.71. The van der Waals surface area contributed by atoms with Gasteiger partial charge in [0.2, 0.25) is 5.91 Å². The van der Waals surface area contributed by atoms with Crippen molar-refractivity contribution in [2.45, 2.75) is 19.3 Å². The van der Waals surface area contributed by atoms with Crippen LogP contribution in [0, 0.1) is 0 Å². The van der Waals surface area contributed by atoms with Crippen LogP contribution in [0.1, 0.15) is 19.3 Å². The first-order valence-electron chi connectivity index (χ1n) is 9.50. The van der Waals surface area contributed by atoms with E-state index in [1.54, 1.807) is 4.52 Å². The summed E-state index contributed by atoms with van der Waals surface area (Å²) in [6.07, 6.45) is 0.266. The third kappa shape index (κ3) is 4.33. The number of fused-ring (bicyclic) bond motifs is 1. The van der Waals surface area contributed by atoms with Gasteiger partial charge in [0.1, 0.15) is 0 Å². The van der Waals surface area contributed by atoms with Crippen molar-refractivity contribution in [1.82, 2.24) is 19.6 Å². The molecule has 0 aliphatic rings. The molecular weight excluding hydrogens is 382 g/mol. The highest BCUT2D eigenvalue weighted by atomic mass is 16.4. The molecule has 0 fully saturated rings. The summed E-state index contributed by atoms with van der Waals surface area (Å²) in [5.41, 5.74) is 3.41. The minimum atomic E-state index is -0.932. The van der Waals surface area contributed by atoms with Crippen LogP contribution < -0.4 is 5.32 Å². The summed E-state index contributed by atoms with van der Waals surface area (Å²) in [6.45, 7) is 0. The number of anilines is 1. The average molecular weight is 401 g/mol. The molecule has 2 aromatic heterocycles. The number of carbonyl (C=O) groups is 2. The maximum Gasteiger partial charge on any atom is 0.303 e. The first kappa shape index (κ1) is 19.3. The van der Waals surface area contributed by atoms with Crippen LogP contribution in [0.2, 0.25) is 0 Å². The Bertz CT molecular complexity index is 1190. The lowest BCUT2D eigenvalue weighted by atomic mass is 10.1. The minimum absolute atomic E-state index is 0.0633. The van der Waals surface area contributed by atoms with Crippen molar-refractivity contribution < 1.29 is 14.7 Å². The SMILES string of the molecule is O=C(O)CCCC(=O)Nc1nc2nc(-c3ccccc3)cc(-c3ccccc3)n2n1. The lowest BCUT2D eigenvalue weighted by Gasteiger charge is -2.07. The molecule has 2 heterocycles. The molecule has 8 nitrogen and oxygen atoms in total. The minimum Gasteiger partial charge on any atom is -0.481 e. The number of rotatable bonds is 7. The molecule has 30 heavy (non-hydrogen) atoms. The van der Waals surface area contributed by atoms with Crippen molar-refractivity contribution in [2.75, 3.05) is 5.32 Å². The van der Waals surface area contributed by atoms with Gasteiger partial charge in [0.15, 0.2) is 0 Å². The van der Waals surface area contributed by atoms with Gasteiger partial charge in [-0.1, -0.05) is 60.7 Å². The Hall–Kier alpha value is -4.07. The van der Waals surface area contributed by atoms with E-state index in [-0.39, 0.29) is 31.1 Å². The molecule has 0 radical (unpaired) electrons. The van der Waals surface area contributed by atoms with Crippen LogP contribution in [0.5, 0.6) is 0 Å². The molecule has 0 unspecified atom stereocenters. The summed E-state index contributed by atoms with van der Waals surface area (Å²) in [5, 5.41) is 15.7. The maximum atomic E-state index is 12.1. The number of aromatic nitrogens is 4. The van der Waals surface area contributed by atoms with E-state index in [4.69, 9.17) is 5.11 Å². The Morgan fingerprint density at radius 3 is 2.23 bits per heavy atom. The molecule has 4 aromatic rings. The van der Waals surface area contributed by atoms with Crippen LogP contribution in [0.15, 0.2) is 66.7 Å². The van der Waals surface area contributed by atoms with Gasteiger partial charge in [-0.15, -0.1) is 5.10 Å². The van der Waals surface area contributed by atoms with E-state index in [2.05, 4.69) is 20.4 Å². The van der Waals surface area contributed by atoms with Crippen molar-refractivity contribution in [3.63, 3.8) is 0 Å². The maximum absolute atomic E-state index is 12.1. The molecule has 2 N–H and O–H groups in total. The Morgan fingerprint density at radius 2 is 1.57 bits per heavy atom. The summed E-state index contributed by atoms with van der Waals surface area (Å²) in [6, 6.07) is 21.4. The molecule has 8 heteroatoms. The zero-order valence-electron chi connectivity index (χ0n) is 16.0. The van der Waals surface area contributed by atoms with Crippen molar-refractivity contribution >= 4 is 23.6 Å². The number of carboxylic acid groups (broad SMARTS) is 1. The summed E-state index contributed by atoms with van der Waals surface area (Å²) in [4.78, 5) is 31.7. The van der Waals surface area contributed by atoms with E-state index in [0.717, 1.165) is 22.5 Å². The van der Waals surface area contributed by atoms with Gasteiger partial charge in [0, 0.05) is 24.0 Å². The molecule has 0 atom stereocenters. The van der Waals surface area contributed by atoms with E-state index in [1.165, 1.54) is 0 Å². The number of nitrogens with zero attached hydrogens (tertiary/aromatic N) is 4. The molecule has 0 saturated heterocycles. The third-order valence-electron chi connectivity index (χ3n) is 4.50. The quantitative estimate of drug-likeness (QED) is 0.489. The van der Waals surface area contributed by atoms with Gasteiger partial charge < -0.3 is 5.11 Å². The molecule has 1 amide bonds. The molecule has 0 aliphatic heterocycles. The number of carboxylic acids is 1. The lowest BCUT2D eigenvalue weighted by molar-refractivity contribution is -0.137. The van der Waals surface area contributed by atoms with Gasteiger partial charge >= 0.3 is 5.97 Å². The first-order chi connectivity index (χ1) is 14.6. The van der Waals surface area contributed by atoms with Crippen LogP contribution in [0.25, 0.3) is 28.3 Å². The number of nitrogens with one attached hydrogen (secondary N) is 1. The van der Waals surface area contributed by atoms with Crippen molar-refractivity contribution in [3.8, 4) is 22.5 Å². The highest BCUT2D eigenvalue weighted by molar-refractivity contribution is 5.89. The van der Waals surface area contributed by atoms with Gasteiger partial charge in [0.25, 0.3) is 11.7 Å². The van der Waals surface area contributed by atoms with Crippen molar-refractivity contribution in [2.24, 2.45) is 0 Å². The second kappa shape index (κ2) is 8.52. The summed E-state index contributed by atoms with van der Waals surface area (Å²) >= 11 is 0. The molecule has 0 bridgehead atoms. The van der Waals surface area contributed by atoms with Crippen LogP contribution in [-0.2, 0) is 9.59 Å². The topological polar surface area (TPSA) is 109 Å². The Labute approximate surface area is 172 Å². The molecule has 0 saturated carbocycles. The van der Waals surface area contributed by atoms with E-state index < -0.39 is 5.97 Å². The predicted octanol–water partition coefficient (Wildman–Crippen LogP) is 3.65. The standard InChI is InChI=1S/C22H19N5O3/c28-19(12-7-13-20(29)30)24-21-25-22-23-17(15-8-3-1-4-9-15)14-18(27(22)26-21)16-10-5-2-6-11-16/h1-6,8-11,14H,7,12-13H2,(H,29,30)(H,24,26,28). The van der Waals surface area contributed by atoms with E-state index >= 15 is 0 Å². The van der Waals surface area contributed by atoms with Crippen LogP contribution in [0.4, 0.5) is 5.95 Å². The van der Waals surface area contributed by atoms with E-state index in [0.29, 0.717) is 5.78 Å². The Morgan fingerprint density at radius 1 is 0.900 bits per heavy atom. The highest BCUT2D eigenvalue weighted by Gasteiger charge is 2.15. The van der Waals surface area contributed by atoms with Crippen molar-refractivity contribution in [3.05, 3.63) is 66.7 Å². The highest BCUT2D eigenvalue weighted by Crippen LogP contribution is 2.26. The number of amides is 1. The largest absolute Gasteiger partial charge is 0.481 e. The van der Waals surface area contributed by atoms with Gasteiger partial charge in [0.05, 0.1) is 11.4 Å². The van der Waals surface area contributed by atoms with Gasteiger partial charge in [-0.3, -0.25) is 14.9 Å². The normalized spacial score (nSPS) is 10.8. The van der Waals surface area contributed by atoms with E-state index in [9.17, 15) is 9.59 Å². The van der Waals surface area contributed by atoms with Crippen LogP contribution in [0.3, 0.4) is 0 Å². The fourth-order valence-corrected chi connectivity index (χ4v) is 3.08. The molecule has 0 aliphatic carbocycles. The number of aliphatic carboxylic acids is 1. The second-order valence-electron chi connectivity index (χ2n) is 6.70. The average Bonchev–Trinajstić information content (AvgIpc) is 3.16. The number of carbonyl (C=O) groups excluding carboxylic acids is 1. The lowest BCUT2D eigenvalue weighted by Crippen LogP contribution is -2.13. The third-order valence-corrected chi connectivity index (χ3v) is 4.50. The molecule has 0 spiro atoms. The smallest absolute Gasteiger partial charge is 0.303 e. The fraction of sp³-hybridized carbons (Fsp3) is 0.136. The van der Waals surface area contributed by atoms with E-state index in [1.807, 2.05) is 66.7 Å². The van der Waals surface area contributed by atoms with Crippen LogP contribution >= 0.6 is 0 Å². The summed E-state index contributed by atoms with van der Waals surface area (Å²) in [7, 11) is 0. The molecule has 4 rings (SSSR count). The summed E-state index contributed by atoms with van der Waals surface area (Å²) < 4.78 is 1.59. The predicted molar refractivity (Wildman–Crippen MR) is 112 cm³/mol. The fourth-order valence-electron chi connectivity index (χ4n) is 3.08. The van der Waals surface area contributed by atoms with Gasteiger partial charge in [-0.05, 0) is 12.5 Å². The van der Waals surface area contributed by atoms with Crippen molar-refractivity contribution in [1.29, 1.82) is 0 Å². The zero-order valence-corrected chi connectivity index (χ0v) is 16.0. The van der Waals surface area contributed by atoms with Gasteiger partial charge in [-0.25, -0.2) is 4.98 Å². The first-order valence-corrected chi connectivity index (χ1v) is 9.50. The number of hydrogen-bond acceptors (Lipinski definition) is 5. The summed E-state index contributed by atoms with van der Waals surface area (Å²) in [5.74, 6) is -0.781. The van der Waals surface area contributed by atoms with Gasteiger partial charge in [-0.2, -0.15) is 9.50 Å². The molecular formula is C22H19N5O3. The Kier molecular flexibility index (Phi) is 5.47. The number of hydrogen-bond donors (Lipinski definition) is 2. The monoisotopic (exact) mass is 401 g/mol. The molecule has 150 valence electrons. The second-order valence-corrected chi connectivity index (χ2v) is 6.70.